The van der Waals surface area contributed by atoms with Crippen LogP contribution in [0.25, 0.3) is 11.3 Å². The second-order valence-corrected chi connectivity index (χ2v) is 7.50. The van der Waals surface area contributed by atoms with Crippen LogP contribution >= 0.6 is 11.8 Å². The molecule has 0 unspecified atom stereocenters. The number of ether oxygens (including phenoxy) is 1. The van der Waals surface area contributed by atoms with Crippen molar-refractivity contribution in [2.45, 2.75) is 25.4 Å². The zero-order chi connectivity index (χ0) is 19.8. The van der Waals surface area contributed by atoms with Crippen LogP contribution in [0, 0.1) is 6.92 Å². The zero-order valence-electron chi connectivity index (χ0n) is 16.2. The maximum absolute atomic E-state index is 12.1. The van der Waals surface area contributed by atoms with E-state index in [1.807, 2.05) is 37.4 Å². The van der Waals surface area contributed by atoms with Crippen molar-refractivity contribution in [3.63, 3.8) is 0 Å². The molecule has 0 aliphatic rings. The molecule has 3 aromatic rings. The fourth-order valence-electron chi connectivity index (χ4n) is 2.71. The van der Waals surface area contributed by atoms with E-state index in [9.17, 15) is 4.79 Å². The van der Waals surface area contributed by atoms with Crippen molar-refractivity contribution in [3.8, 4) is 17.0 Å². The Bertz CT molecular complexity index is 889. The summed E-state index contributed by atoms with van der Waals surface area (Å²) >= 11 is 1.60. The van der Waals surface area contributed by atoms with Crippen molar-refractivity contribution in [1.82, 2.24) is 15.3 Å². The number of carbonyl (C=O) groups is 1. The minimum atomic E-state index is 0.0181. The third kappa shape index (κ3) is 5.89. The van der Waals surface area contributed by atoms with E-state index in [0.29, 0.717) is 19.6 Å². The molecular weight excluding hydrogens is 370 g/mol. The van der Waals surface area contributed by atoms with Crippen LogP contribution in [0.5, 0.6) is 5.75 Å². The molecule has 1 amide bonds. The zero-order valence-corrected chi connectivity index (χ0v) is 17.0. The molecule has 0 spiro atoms. The Labute approximate surface area is 169 Å². The average Bonchev–Trinajstić information content (AvgIpc) is 3.16. The Morgan fingerprint density at radius 1 is 1.14 bits per heavy atom. The first-order chi connectivity index (χ1) is 13.6. The molecule has 0 aliphatic heterocycles. The number of thioether (sulfide) groups is 1. The number of nitrogens with zero attached hydrogens (tertiary/aromatic N) is 1. The van der Waals surface area contributed by atoms with Gasteiger partial charge in [0.2, 0.25) is 5.91 Å². The first-order valence-corrected chi connectivity index (χ1v) is 10.4. The quantitative estimate of drug-likeness (QED) is 0.420. The van der Waals surface area contributed by atoms with Crippen LogP contribution in [0.4, 0.5) is 0 Å². The van der Waals surface area contributed by atoms with Crippen molar-refractivity contribution in [2.75, 3.05) is 18.9 Å². The number of carbonyl (C=O) groups excluding carboxylic acids is 1. The standard InChI is InChI=1S/C22H25N3O2S/c1-3-27-19-10-6-17(7-11-19)14-21(26)23-12-13-28-22-24-15-20(25-22)18-8-4-16(2)5-9-18/h4-11,15H,3,12-14H2,1-2H3,(H,23,26)(H,24,25). The van der Waals surface area contributed by atoms with Crippen molar-refractivity contribution in [2.24, 2.45) is 0 Å². The first-order valence-electron chi connectivity index (χ1n) is 9.37. The summed E-state index contributed by atoms with van der Waals surface area (Å²) in [4.78, 5) is 19.8. The topological polar surface area (TPSA) is 67.0 Å². The number of nitrogens with one attached hydrogen (secondary N) is 2. The normalized spacial score (nSPS) is 10.6. The molecule has 1 heterocycles. The van der Waals surface area contributed by atoms with E-state index in [1.54, 1.807) is 11.8 Å². The monoisotopic (exact) mass is 395 g/mol. The van der Waals surface area contributed by atoms with Crippen LogP contribution in [0.15, 0.2) is 59.9 Å². The molecule has 0 saturated heterocycles. The van der Waals surface area contributed by atoms with Gasteiger partial charge in [0.15, 0.2) is 5.16 Å². The highest BCUT2D eigenvalue weighted by Crippen LogP contribution is 2.21. The molecule has 146 valence electrons. The minimum Gasteiger partial charge on any atom is -0.494 e. The fraction of sp³-hybridized carbons (Fsp3) is 0.273. The van der Waals surface area contributed by atoms with Crippen LogP contribution < -0.4 is 10.1 Å². The molecular formula is C22H25N3O2S. The Hall–Kier alpha value is -2.73. The van der Waals surface area contributed by atoms with Crippen LogP contribution in [-0.2, 0) is 11.2 Å². The van der Waals surface area contributed by atoms with E-state index >= 15 is 0 Å². The van der Waals surface area contributed by atoms with Gasteiger partial charge in [-0.05, 0) is 37.1 Å². The van der Waals surface area contributed by atoms with E-state index < -0.39 is 0 Å². The number of imidazole rings is 1. The summed E-state index contributed by atoms with van der Waals surface area (Å²) in [6.45, 7) is 5.26. The van der Waals surface area contributed by atoms with E-state index in [-0.39, 0.29) is 5.91 Å². The molecule has 28 heavy (non-hydrogen) atoms. The highest BCUT2D eigenvalue weighted by Gasteiger charge is 2.06. The smallest absolute Gasteiger partial charge is 0.224 e. The van der Waals surface area contributed by atoms with Gasteiger partial charge in [-0.1, -0.05) is 53.7 Å². The minimum absolute atomic E-state index is 0.0181. The lowest BCUT2D eigenvalue weighted by molar-refractivity contribution is -0.120. The second-order valence-electron chi connectivity index (χ2n) is 6.42. The Morgan fingerprint density at radius 2 is 1.89 bits per heavy atom. The number of H-pyrrole nitrogens is 1. The van der Waals surface area contributed by atoms with Crippen molar-refractivity contribution >= 4 is 17.7 Å². The van der Waals surface area contributed by atoms with Gasteiger partial charge in [-0.3, -0.25) is 4.79 Å². The van der Waals surface area contributed by atoms with E-state index in [0.717, 1.165) is 33.5 Å². The predicted molar refractivity (Wildman–Crippen MR) is 114 cm³/mol. The number of aryl methyl sites for hydroxylation is 1. The van der Waals surface area contributed by atoms with Gasteiger partial charge in [-0.2, -0.15) is 0 Å². The maximum atomic E-state index is 12.1. The van der Waals surface area contributed by atoms with Crippen LogP contribution in [0.2, 0.25) is 0 Å². The number of hydrogen-bond acceptors (Lipinski definition) is 4. The molecule has 0 saturated carbocycles. The van der Waals surface area contributed by atoms with Crippen molar-refractivity contribution in [1.29, 1.82) is 0 Å². The summed E-state index contributed by atoms with van der Waals surface area (Å²) in [6, 6.07) is 16.0. The molecule has 0 radical (unpaired) electrons. The summed E-state index contributed by atoms with van der Waals surface area (Å²) in [5.74, 6) is 1.60. The third-order valence-electron chi connectivity index (χ3n) is 4.18. The molecule has 0 aliphatic carbocycles. The van der Waals surface area contributed by atoms with Crippen molar-refractivity contribution in [3.05, 3.63) is 65.9 Å². The highest BCUT2D eigenvalue weighted by molar-refractivity contribution is 7.99. The van der Waals surface area contributed by atoms with Gasteiger partial charge >= 0.3 is 0 Å². The van der Waals surface area contributed by atoms with E-state index in [4.69, 9.17) is 4.74 Å². The lowest BCUT2D eigenvalue weighted by Gasteiger charge is -2.06. The van der Waals surface area contributed by atoms with Gasteiger partial charge in [0, 0.05) is 12.3 Å². The van der Waals surface area contributed by atoms with Crippen LogP contribution in [0.3, 0.4) is 0 Å². The molecule has 2 N–H and O–H groups in total. The predicted octanol–water partition coefficient (Wildman–Crippen LogP) is 4.23. The lowest BCUT2D eigenvalue weighted by Crippen LogP contribution is -2.27. The molecule has 0 atom stereocenters. The van der Waals surface area contributed by atoms with Crippen LogP contribution in [-0.4, -0.2) is 34.8 Å². The Morgan fingerprint density at radius 3 is 2.61 bits per heavy atom. The highest BCUT2D eigenvalue weighted by atomic mass is 32.2. The van der Waals surface area contributed by atoms with E-state index in [2.05, 4.69) is 46.5 Å². The van der Waals surface area contributed by atoms with Gasteiger partial charge < -0.3 is 15.0 Å². The molecule has 3 rings (SSSR count). The van der Waals surface area contributed by atoms with Gasteiger partial charge in [-0.15, -0.1) is 0 Å². The number of aromatic amines is 1. The molecule has 6 heteroatoms. The SMILES string of the molecule is CCOc1ccc(CC(=O)NCCSc2ncc(-c3ccc(C)cc3)[nH]2)cc1. The summed E-state index contributed by atoms with van der Waals surface area (Å²) in [5.41, 5.74) is 4.33. The maximum Gasteiger partial charge on any atom is 0.224 e. The Balaban J connectivity index is 1.39. The summed E-state index contributed by atoms with van der Waals surface area (Å²) in [6.07, 6.45) is 2.22. The second kappa shape index (κ2) is 9.99. The molecule has 2 aromatic carbocycles. The van der Waals surface area contributed by atoms with E-state index in [1.165, 1.54) is 5.56 Å². The van der Waals surface area contributed by atoms with Gasteiger partial charge in [0.05, 0.1) is 24.9 Å². The number of rotatable bonds is 9. The number of amides is 1. The average molecular weight is 396 g/mol. The lowest BCUT2D eigenvalue weighted by atomic mass is 10.1. The summed E-state index contributed by atoms with van der Waals surface area (Å²) < 4.78 is 5.41. The summed E-state index contributed by atoms with van der Waals surface area (Å²) in [7, 11) is 0. The number of aromatic nitrogens is 2. The Kier molecular flexibility index (Phi) is 7.14. The fourth-order valence-corrected chi connectivity index (χ4v) is 3.42. The summed E-state index contributed by atoms with van der Waals surface area (Å²) in [5, 5.41) is 3.81. The van der Waals surface area contributed by atoms with Gasteiger partial charge in [0.25, 0.3) is 0 Å². The third-order valence-corrected chi connectivity index (χ3v) is 5.07. The van der Waals surface area contributed by atoms with Gasteiger partial charge in [0.1, 0.15) is 5.75 Å². The molecule has 1 aromatic heterocycles. The molecule has 5 nitrogen and oxygen atoms in total. The molecule has 0 bridgehead atoms. The first kappa shape index (κ1) is 20.0. The van der Waals surface area contributed by atoms with Crippen LogP contribution in [0.1, 0.15) is 18.1 Å². The van der Waals surface area contributed by atoms with Gasteiger partial charge in [-0.25, -0.2) is 4.98 Å². The number of benzene rings is 2. The molecule has 0 fully saturated rings. The number of hydrogen-bond donors (Lipinski definition) is 2. The largest absolute Gasteiger partial charge is 0.494 e. The van der Waals surface area contributed by atoms with Crippen molar-refractivity contribution < 1.29 is 9.53 Å².